The van der Waals surface area contributed by atoms with Gasteiger partial charge in [0.2, 0.25) is 0 Å². The molecule has 5 nitrogen and oxygen atoms in total. The minimum atomic E-state index is -3.58. The van der Waals surface area contributed by atoms with Gasteiger partial charge in [0.1, 0.15) is 4.75 Å². The molecule has 0 fully saturated rings. The fraction of sp³-hybridized carbons (Fsp3) is 0.273. The molecule has 146 valence electrons. The monoisotopic (exact) mass is 397 g/mol. The summed E-state index contributed by atoms with van der Waals surface area (Å²) in [5.74, 6) is 5.31. The lowest BCUT2D eigenvalue weighted by atomic mass is 10.0. The van der Waals surface area contributed by atoms with Crippen LogP contribution in [0.25, 0.3) is 0 Å². The fourth-order valence-corrected chi connectivity index (χ4v) is 3.50. The second-order valence-electron chi connectivity index (χ2n) is 6.76. The normalized spacial score (nSPS) is 13.0. The number of Topliss-reactive ketones (excluding diaryl/α,β-unsaturated/α-hetero) is 1. The number of nitrogens with one attached hydrogen (secondary N) is 1. The second-order valence-corrected chi connectivity index (χ2v) is 9.20. The summed E-state index contributed by atoms with van der Waals surface area (Å²) < 4.78 is 22.3. The number of benzene rings is 2. The Balaban J connectivity index is 1.98. The highest BCUT2D eigenvalue weighted by Gasteiger charge is 2.40. The average Bonchev–Trinajstić information content (AvgIpc) is 2.66. The first-order valence-corrected chi connectivity index (χ1v) is 10.7. The third-order valence-electron chi connectivity index (χ3n) is 4.72. The lowest BCUT2D eigenvalue weighted by molar-refractivity contribution is -0.119. The van der Waals surface area contributed by atoms with Gasteiger partial charge in [-0.15, -0.1) is 0 Å². The maximum absolute atomic E-state index is 12.3. The zero-order valence-corrected chi connectivity index (χ0v) is 17.0. The van der Waals surface area contributed by atoms with E-state index in [9.17, 15) is 18.0 Å². The molecule has 28 heavy (non-hydrogen) atoms. The second kappa shape index (κ2) is 8.85. The van der Waals surface area contributed by atoms with Crippen molar-refractivity contribution in [2.75, 3.05) is 12.8 Å². The molecule has 0 aliphatic carbocycles. The third-order valence-corrected chi connectivity index (χ3v) is 6.85. The molecule has 0 spiro atoms. The van der Waals surface area contributed by atoms with Gasteiger partial charge in [-0.3, -0.25) is 9.59 Å². The molecule has 0 bridgehead atoms. The van der Waals surface area contributed by atoms with Gasteiger partial charge < -0.3 is 5.32 Å². The van der Waals surface area contributed by atoms with Gasteiger partial charge in [-0.05, 0) is 56.7 Å². The van der Waals surface area contributed by atoms with Crippen LogP contribution in [0, 0.1) is 11.8 Å². The standard InChI is InChI=1S/C22H23NO4S/c1-17(24)22(2,28(3,26)27)15-16-23-21(25)20-13-11-19(12-14-20)10-9-18-7-5-4-6-8-18/h4-8,11-14H,15-16H2,1-3H3,(H,23,25). The van der Waals surface area contributed by atoms with Gasteiger partial charge in [0.25, 0.3) is 5.91 Å². The number of hydrogen-bond donors (Lipinski definition) is 1. The molecule has 2 rings (SSSR count). The molecule has 2 aromatic carbocycles. The Kier molecular flexibility index (Phi) is 6.76. The Morgan fingerprint density at radius 2 is 1.50 bits per heavy atom. The maximum atomic E-state index is 12.3. The van der Waals surface area contributed by atoms with Gasteiger partial charge in [0.15, 0.2) is 15.6 Å². The number of carbonyl (C=O) groups is 2. The van der Waals surface area contributed by atoms with Crippen molar-refractivity contribution < 1.29 is 18.0 Å². The molecular weight excluding hydrogens is 374 g/mol. The van der Waals surface area contributed by atoms with E-state index in [0.29, 0.717) is 5.56 Å². The van der Waals surface area contributed by atoms with E-state index in [1.807, 2.05) is 30.3 Å². The van der Waals surface area contributed by atoms with Gasteiger partial charge in [-0.1, -0.05) is 30.0 Å². The molecule has 1 unspecified atom stereocenters. The smallest absolute Gasteiger partial charge is 0.251 e. The largest absolute Gasteiger partial charge is 0.352 e. The first kappa shape index (κ1) is 21.4. The van der Waals surface area contributed by atoms with E-state index < -0.39 is 20.4 Å². The van der Waals surface area contributed by atoms with Gasteiger partial charge in [-0.2, -0.15) is 0 Å². The molecule has 0 aromatic heterocycles. The summed E-state index contributed by atoms with van der Waals surface area (Å²) in [7, 11) is -3.58. The van der Waals surface area contributed by atoms with Crippen LogP contribution in [0.15, 0.2) is 54.6 Å². The zero-order valence-electron chi connectivity index (χ0n) is 16.2. The van der Waals surface area contributed by atoms with Crippen molar-refractivity contribution in [2.45, 2.75) is 25.0 Å². The van der Waals surface area contributed by atoms with E-state index in [1.54, 1.807) is 24.3 Å². The highest BCUT2D eigenvalue weighted by molar-refractivity contribution is 7.92. The van der Waals surface area contributed by atoms with Crippen LogP contribution in [0.4, 0.5) is 0 Å². The summed E-state index contributed by atoms with van der Waals surface area (Å²) in [4.78, 5) is 24.0. The van der Waals surface area contributed by atoms with Crippen molar-refractivity contribution in [3.63, 3.8) is 0 Å². The summed E-state index contributed by atoms with van der Waals surface area (Å²) >= 11 is 0. The summed E-state index contributed by atoms with van der Waals surface area (Å²) in [5, 5.41) is 2.67. The van der Waals surface area contributed by atoms with E-state index in [1.165, 1.54) is 13.8 Å². The van der Waals surface area contributed by atoms with Crippen LogP contribution >= 0.6 is 0 Å². The number of carbonyl (C=O) groups excluding carboxylic acids is 2. The molecular formula is C22H23NO4S. The Bertz CT molecular complexity index is 1020. The number of hydrogen-bond acceptors (Lipinski definition) is 4. The average molecular weight is 397 g/mol. The number of amides is 1. The molecule has 0 aliphatic heterocycles. The van der Waals surface area contributed by atoms with Gasteiger partial charge in [-0.25, -0.2) is 8.42 Å². The highest BCUT2D eigenvalue weighted by atomic mass is 32.2. The predicted octanol–water partition coefficient (Wildman–Crippen LogP) is 2.60. The Hall–Kier alpha value is -2.91. The van der Waals surface area contributed by atoms with E-state index in [2.05, 4.69) is 17.2 Å². The van der Waals surface area contributed by atoms with Crippen LogP contribution in [0.2, 0.25) is 0 Å². The van der Waals surface area contributed by atoms with Crippen molar-refractivity contribution >= 4 is 21.5 Å². The van der Waals surface area contributed by atoms with E-state index in [4.69, 9.17) is 0 Å². The number of ketones is 1. The summed E-state index contributed by atoms with van der Waals surface area (Å²) in [6.07, 6.45) is 1.05. The maximum Gasteiger partial charge on any atom is 0.251 e. The van der Waals surface area contributed by atoms with E-state index in [-0.39, 0.29) is 18.9 Å². The van der Waals surface area contributed by atoms with Crippen LogP contribution in [-0.4, -0.2) is 37.7 Å². The number of rotatable bonds is 6. The Morgan fingerprint density at radius 3 is 2.00 bits per heavy atom. The van der Waals surface area contributed by atoms with Crippen molar-refractivity contribution in [3.8, 4) is 11.8 Å². The molecule has 0 heterocycles. The van der Waals surface area contributed by atoms with Gasteiger partial charge in [0.05, 0.1) is 0 Å². The van der Waals surface area contributed by atoms with E-state index in [0.717, 1.165) is 17.4 Å². The van der Waals surface area contributed by atoms with Crippen molar-refractivity contribution in [1.29, 1.82) is 0 Å². The SMILES string of the molecule is CC(=O)C(C)(CCNC(=O)c1ccc(C#Cc2ccccc2)cc1)S(C)(=O)=O. The third kappa shape index (κ3) is 5.30. The summed E-state index contributed by atoms with van der Waals surface area (Å²) in [5.41, 5.74) is 2.12. The lowest BCUT2D eigenvalue weighted by Gasteiger charge is -2.24. The van der Waals surface area contributed by atoms with Crippen molar-refractivity contribution in [1.82, 2.24) is 5.32 Å². The molecule has 1 N–H and O–H groups in total. The molecule has 0 aliphatic rings. The van der Waals surface area contributed by atoms with Crippen LogP contribution in [-0.2, 0) is 14.6 Å². The Labute approximate surface area is 166 Å². The first-order valence-electron chi connectivity index (χ1n) is 8.79. The van der Waals surface area contributed by atoms with Crippen LogP contribution in [0.5, 0.6) is 0 Å². The quantitative estimate of drug-likeness (QED) is 0.760. The topological polar surface area (TPSA) is 80.3 Å². The molecule has 0 saturated carbocycles. The van der Waals surface area contributed by atoms with Crippen LogP contribution < -0.4 is 5.32 Å². The minimum Gasteiger partial charge on any atom is -0.352 e. The summed E-state index contributed by atoms with van der Waals surface area (Å²) in [6, 6.07) is 16.4. The Morgan fingerprint density at radius 1 is 0.964 bits per heavy atom. The molecule has 1 amide bonds. The first-order chi connectivity index (χ1) is 13.1. The highest BCUT2D eigenvalue weighted by Crippen LogP contribution is 2.21. The molecule has 6 heteroatoms. The molecule has 0 radical (unpaired) electrons. The van der Waals surface area contributed by atoms with Gasteiger partial charge >= 0.3 is 0 Å². The summed E-state index contributed by atoms with van der Waals surface area (Å²) in [6.45, 7) is 2.71. The van der Waals surface area contributed by atoms with Crippen LogP contribution in [0.1, 0.15) is 41.8 Å². The fourth-order valence-electron chi connectivity index (χ4n) is 2.51. The van der Waals surface area contributed by atoms with Gasteiger partial charge in [0, 0.05) is 29.5 Å². The molecule has 0 saturated heterocycles. The van der Waals surface area contributed by atoms with Crippen molar-refractivity contribution in [3.05, 3.63) is 71.3 Å². The van der Waals surface area contributed by atoms with Crippen molar-refractivity contribution in [2.24, 2.45) is 0 Å². The lowest BCUT2D eigenvalue weighted by Crippen LogP contribution is -2.44. The van der Waals surface area contributed by atoms with E-state index >= 15 is 0 Å². The molecule has 1 atom stereocenters. The number of sulfone groups is 1. The molecule has 2 aromatic rings. The minimum absolute atomic E-state index is 0.0214. The van der Waals surface area contributed by atoms with Crippen LogP contribution in [0.3, 0.4) is 0 Å². The predicted molar refractivity (Wildman–Crippen MR) is 110 cm³/mol. The zero-order chi connectivity index (χ0) is 20.8.